The van der Waals surface area contributed by atoms with Crippen LogP contribution >= 0.6 is 11.6 Å². The van der Waals surface area contributed by atoms with Crippen molar-refractivity contribution in [1.29, 1.82) is 0 Å². The molecule has 0 unspecified atom stereocenters. The quantitative estimate of drug-likeness (QED) is 0.753. The summed E-state index contributed by atoms with van der Waals surface area (Å²) in [5.74, 6) is -1.26. The molecule has 0 bridgehead atoms. The van der Waals surface area contributed by atoms with Gasteiger partial charge in [-0.05, 0) is 42.8 Å². The van der Waals surface area contributed by atoms with Crippen molar-refractivity contribution in [3.05, 3.63) is 52.8 Å². The Bertz CT molecular complexity index is 950. The standard InChI is InChI=1S/C18H20ClFN2O4S/c1-4-22(11-18(23)21-15-9-13(19)6-5-12(15)2)27(24,25)17-10-14(20)7-8-16(17)26-3/h5-10H,4,11H2,1-3H3,(H,21,23). The number of rotatable bonds is 7. The Balaban J connectivity index is 2.27. The van der Waals surface area contributed by atoms with Crippen LogP contribution in [0.25, 0.3) is 0 Å². The van der Waals surface area contributed by atoms with Crippen molar-refractivity contribution in [2.75, 3.05) is 25.5 Å². The first kappa shape index (κ1) is 21.1. The van der Waals surface area contributed by atoms with E-state index in [1.165, 1.54) is 13.2 Å². The predicted molar refractivity (Wildman–Crippen MR) is 102 cm³/mol. The first-order valence-electron chi connectivity index (χ1n) is 8.08. The molecule has 2 aromatic rings. The van der Waals surface area contributed by atoms with E-state index in [1.807, 2.05) is 0 Å². The highest BCUT2D eigenvalue weighted by molar-refractivity contribution is 7.89. The molecule has 0 heterocycles. The van der Waals surface area contributed by atoms with Crippen LogP contribution in [0.4, 0.5) is 10.1 Å². The van der Waals surface area contributed by atoms with Crippen LogP contribution in [0.2, 0.25) is 5.02 Å². The summed E-state index contributed by atoms with van der Waals surface area (Å²) in [6.07, 6.45) is 0. The molecule has 2 rings (SSSR count). The molecule has 6 nitrogen and oxygen atoms in total. The smallest absolute Gasteiger partial charge is 0.247 e. The van der Waals surface area contributed by atoms with Gasteiger partial charge >= 0.3 is 0 Å². The molecule has 0 radical (unpaired) electrons. The molecule has 0 saturated carbocycles. The second-order valence-corrected chi connectivity index (χ2v) is 8.08. The lowest BCUT2D eigenvalue weighted by Crippen LogP contribution is -2.38. The van der Waals surface area contributed by atoms with E-state index >= 15 is 0 Å². The van der Waals surface area contributed by atoms with E-state index in [4.69, 9.17) is 16.3 Å². The summed E-state index contributed by atoms with van der Waals surface area (Å²) in [5.41, 5.74) is 1.27. The number of hydrogen-bond donors (Lipinski definition) is 1. The van der Waals surface area contributed by atoms with Gasteiger partial charge in [0.15, 0.2) is 0 Å². The van der Waals surface area contributed by atoms with Crippen LogP contribution in [-0.4, -0.2) is 38.8 Å². The van der Waals surface area contributed by atoms with Crippen LogP contribution in [0.1, 0.15) is 12.5 Å². The Labute approximate surface area is 162 Å². The summed E-state index contributed by atoms with van der Waals surface area (Å²) >= 11 is 5.93. The van der Waals surface area contributed by atoms with E-state index in [0.717, 1.165) is 22.0 Å². The number of benzene rings is 2. The number of likely N-dealkylation sites (N-methyl/N-ethyl adjacent to an activating group) is 1. The van der Waals surface area contributed by atoms with Crippen molar-refractivity contribution in [1.82, 2.24) is 4.31 Å². The van der Waals surface area contributed by atoms with Crippen LogP contribution in [0.3, 0.4) is 0 Å². The zero-order valence-corrected chi connectivity index (χ0v) is 16.7. The molecule has 2 aromatic carbocycles. The number of nitrogens with zero attached hydrogens (tertiary/aromatic N) is 1. The molecule has 0 spiro atoms. The molecule has 0 saturated heterocycles. The van der Waals surface area contributed by atoms with Crippen molar-refractivity contribution in [3.63, 3.8) is 0 Å². The molecule has 9 heteroatoms. The van der Waals surface area contributed by atoms with Gasteiger partial charge in [0.05, 0.1) is 13.7 Å². The van der Waals surface area contributed by atoms with Gasteiger partial charge in [-0.15, -0.1) is 0 Å². The number of carbonyl (C=O) groups is 1. The Kier molecular flexibility index (Phi) is 6.80. The van der Waals surface area contributed by atoms with Gasteiger partial charge in [0.1, 0.15) is 16.5 Å². The van der Waals surface area contributed by atoms with Gasteiger partial charge in [-0.2, -0.15) is 4.31 Å². The number of methoxy groups -OCH3 is 1. The molecule has 1 amide bonds. The molecule has 1 N–H and O–H groups in total. The maximum Gasteiger partial charge on any atom is 0.247 e. The Morgan fingerprint density at radius 3 is 2.59 bits per heavy atom. The van der Waals surface area contributed by atoms with Crippen molar-refractivity contribution in [3.8, 4) is 5.75 Å². The second kappa shape index (κ2) is 8.69. The summed E-state index contributed by atoms with van der Waals surface area (Å²) in [6, 6.07) is 8.20. The summed E-state index contributed by atoms with van der Waals surface area (Å²) in [6.45, 7) is 2.95. The summed E-state index contributed by atoms with van der Waals surface area (Å²) in [7, 11) is -2.85. The van der Waals surface area contributed by atoms with Crippen LogP contribution < -0.4 is 10.1 Å². The number of aryl methyl sites for hydroxylation is 1. The van der Waals surface area contributed by atoms with E-state index in [9.17, 15) is 17.6 Å². The van der Waals surface area contributed by atoms with Crippen LogP contribution in [0, 0.1) is 12.7 Å². The summed E-state index contributed by atoms with van der Waals surface area (Å²) in [4.78, 5) is 12.0. The molecule has 0 aliphatic heterocycles. The topological polar surface area (TPSA) is 75.7 Å². The lowest BCUT2D eigenvalue weighted by molar-refractivity contribution is -0.116. The minimum atomic E-state index is -4.14. The van der Waals surface area contributed by atoms with Crippen molar-refractivity contribution in [2.24, 2.45) is 0 Å². The molecule has 27 heavy (non-hydrogen) atoms. The van der Waals surface area contributed by atoms with E-state index in [0.29, 0.717) is 10.7 Å². The number of ether oxygens (including phenoxy) is 1. The first-order valence-corrected chi connectivity index (χ1v) is 9.90. The highest BCUT2D eigenvalue weighted by Crippen LogP contribution is 2.27. The van der Waals surface area contributed by atoms with E-state index < -0.39 is 28.3 Å². The maximum absolute atomic E-state index is 13.6. The summed E-state index contributed by atoms with van der Waals surface area (Å²) in [5, 5.41) is 3.09. The molecular formula is C18H20ClFN2O4S. The molecule has 0 aromatic heterocycles. The lowest BCUT2D eigenvalue weighted by Gasteiger charge is -2.21. The molecule has 0 atom stereocenters. The first-order chi connectivity index (χ1) is 12.7. The number of nitrogens with one attached hydrogen (secondary N) is 1. The number of halogens is 2. The van der Waals surface area contributed by atoms with Gasteiger partial charge in [-0.1, -0.05) is 24.6 Å². The lowest BCUT2D eigenvalue weighted by atomic mass is 10.2. The molecule has 0 aliphatic rings. The molecular weight excluding hydrogens is 395 g/mol. The van der Waals surface area contributed by atoms with Crippen LogP contribution in [0.15, 0.2) is 41.3 Å². The normalized spacial score (nSPS) is 11.5. The fourth-order valence-corrected chi connectivity index (χ4v) is 4.18. The third-order valence-corrected chi connectivity index (χ3v) is 6.07. The minimum Gasteiger partial charge on any atom is -0.495 e. The largest absolute Gasteiger partial charge is 0.495 e. The Morgan fingerprint density at radius 2 is 1.96 bits per heavy atom. The van der Waals surface area contributed by atoms with E-state index in [-0.39, 0.29) is 17.2 Å². The monoisotopic (exact) mass is 414 g/mol. The Morgan fingerprint density at radius 1 is 1.26 bits per heavy atom. The number of sulfonamides is 1. The number of hydrogen-bond acceptors (Lipinski definition) is 4. The second-order valence-electron chi connectivity index (χ2n) is 5.73. The van der Waals surface area contributed by atoms with E-state index in [2.05, 4.69) is 5.32 Å². The van der Waals surface area contributed by atoms with Crippen molar-refractivity contribution < 1.29 is 22.3 Å². The third kappa shape index (κ3) is 4.97. The van der Waals surface area contributed by atoms with E-state index in [1.54, 1.807) is 32.0 Å². The predicted octanol–water partition coefficient (Wildman–Crippen LogP) is 3.45. The van der Waals surface area contributed by atoms with Gasteiger partial charge in [0, 0.05) is 17.3 Å². The highest BCUT2D eigenvalue weighted by atomic mass is 35.5. The van der Waals surface area contributed by atoms with Crippen LogP contribution in [0.5, 0.6) is 5.75 Å². The van der Waals surface area contributed by atoms with Gasteiger partial charge in [0.25, 0.3) is 0 Å². The SMILES string of the molecule is CCN(CC(=O)Nc1cc(Cl)ccc1C)S(=O)(=O)c1cc(F)ccc1OC. The highest BCUT2D eigenvalue weighted by Gasteiger charge is 2.29. The van der Waals surface area contributed by atoms with Crippen molar-refractivity contribution in [2.45, 2.75) is 18.7 Å². The molecule has 146 valence electrons. The van der Waals surface area contributed by atoms with Crippen LogP contribution in [-0.2, 0) is 14.8 Å². The molecule has 0 aliphatic carbocycles. The third-order valence-electron chi connectivity index (χ3n) is 3.89. The average molecular weight is 415 g/mol. The zero-order chi connectivity index (χ0) is 20.2. The fourth-order valence-electron chi connectivity index (χ4n) is 2.44. The number of amides is 1. The Hall–Kier alpha value is -2.16. The minimum absolute atomic E-state index is 0.000874. The fraction of sp³-hybridized carbons (Fsp3) is 0.278. The number of anilines is 1. The van der Waals surface area contributed by atoms with Gasteiger partial charge in [0.2, 0.25) is 15.9 Å². The van der Waals surface area contributed by atoms with Crippen molar-refractivity contribution >= 4 is 33.2 Å². The summed E-state index contributed by atoms with van der Waals surface area (Å²) < 4.78 is 45.3. The molecule has 0 fully saturated rings. The maximum atomic E-state index is 13.6. The zero-order valence-electron chi connectivity index (χ0n) is 15.1. The number of carbonyl (C=O) groups excluding carboxylic acids is 1. The van der Waals surface area contributed by atoms with Gasteiger partial charge in [-0.3, -0.25) is 4.79 Å². The van der Waals surface area contributed by atoms with Gasteiger partial charge in [-0.25, -0.2) is 12.8 Å². The van der Waals surface area contributed by atoms with Gasteiger partial charge < -0.3 is 10.1 Å². The average Bonchev–Trinajstić information content (AvgIpc) is 2.62.